The maximum absolute atomic E-state index is 12.5. The molecule has 0 saturated carbocycles. The Morgan fingerprint density at radius 1 is 1.35 bits per heavy atom. The minimum Gasteiger partial charge on any atom is -0.288 e. The van der Waals surface area contributed by atoms with E-state index in [0.717, 1.165) is 33.2 Å². The number of hydrogen-bond acceptors (Lipinski definition) is 3. The van der Waals surface area contributed by atoms with Crippen LogP contribution in [0, 0.1) is 6.92 Å². The summed E-state index contributed by atoms with van der Waals surface area (Å²) in [6.45, 7) is 1.95. The molecule has 1 aromatic heterocycles. The zero-order valence-electron chi connectivity index (χ0n) is 9.73. The van der Waals surface area contributed by atoms with Crippen molar-refractivity contribution in [3.8, 4) is 0 Å². The first-order valence-corrected chi connectivity index (χ1v) is 6.46. The van der Waals surface area contributed by atoms with Crippen LogP contribution in [-0.2, 0) is 12.8 Å². The maximum atomic E-state index is 12.5. The highest BCUT2D eigenvalue weighted by atomic mass is 32.2. The van der Waals surface area contributed by atoms with Crippen molar-refractivity contribution in [3.05, 3.63) is 46.8 Å². The smallest absolute Gasteiger partial charge is 0.197 e. The number of rotatable bonds is 0. The summed E-state index contributed by atoms with van der Waals surface area (Å²) in [4.78, 5) is 13.5. The summed E-state index contributed by atoms with van der Waals surface area (Å²) in [6, 6.07) is 7.77. The van der Waals surface area contributed by atoms with Crippen molar-refractivity contribution in [2.45, 2.75) is 17.6 Å². The Morgan fingerprint density at radius 2 is 2.12 bits per heavy atom. The second-order valence-electron chi connectivity index (χ2n) is 4.14. The number of aryl methyl sites for hydroxylation is 1. The lowest BCUT2D eigenvalue weighted by atomic mass is 10.0. The molecule has 0 unspecified atom stereocenters. The monoisotopic (exact) mass is 244 g/mol. The van der Waals surface area contributed by atoms with Crippen molar-refractivity contribution < 1.29 is 4.79 Å². The Bertz CT molecular complexity index is 616. The van der Waals surface area contributed by atoms with Crippen LogP contribution in [0.3, 0.4) is 0 Å². The van der Waals surface area contributed by atoms with E-state index >= 15 is 0 Å². The van der Waals surface area contributed by atoms with Crippen molar-refractivity contribution in [3.63, 3.8) is 0 Å². The molecule has 2 aromatic rings. The first kappa shape index (κ1) is 10.6. The van der Waals surface area contributed by atoms with Crippen molar-refractivity contribution in [2.75, 3.05) is 0 Å². The van der Waals surface area contributed by atoms with Gasteiger partial charge in [0.2, 0.25) is 0 Å². The second kappa shape index (κ2) is 3.74. The van der Waals surface area contributed by atoms with Gasteiger partial charge in [-0.05, 0) is 19.1 Å². The van der Waals surface area contributed by atoms with Gasteiger partial charge in [0.25, 0.3) is 0 Å². The molecule has 1 aliphatic rings. The standard InChI is InChI=1S/C13H12N2OS/c1-8-12-10(14-15(8)2)7-17-11-6-4-3-5-9(11)13(12)16/h3-6H,7H2,1-2H3. The van der Waals surface area contributed by atoms with Gasteiger partial charge in [-0.2, -0.15) is 5.10 Å². The normalized spacial score (nSPS) is 14.1. The van der Waals surface area contributed by atoms with Gasteiger partial charge < -0.3 is 0 Å². The largest absolute Gasteiger partial charge is 0.288 e. The van der Waals surface area contributed by atoms with E-state index in [1.165, 1.54) is 0 Å². The summed E-state index contributed by atoms with van der Waals surface area (Å²) < 4.78 is 1.79. The molecule has 3 rings (SSSR count). The highest BCUT2D eigenvalue weighted by Gasteiger charge is 2.26. The predicted octanol–water partition coefficient (Wildman–Crippen LogP) is 2.57. The Kier molecular flexibility index (Phi) is 2.33. The topological polar surface area (TPSA) is 34.9 Å². The average molecular weight is 244 g/mol. The van der Waals surface area contributed by atoms with Gasteiger partial charge in [0.1, 0.15) is 0 Å². The molecule has 0 amide bonds. The van der Waals surface area contributed by atoms with Gasteiger partial charge in [-0.15, -0.1) is 11.8 Å². The van der Waals surface area contributed by atoms with Gasteiger partial charge in [-0.3, -0.25) is 9.48 Å². The van der Waals surface area contributed by atoms with Crippen LogP contribution < -0.4 is 0 Å². The van der Waals surface area contributed by atoms with Gasteiger partial charge in [0.15, 0.2) is 5.78 Å². The van der Waals surface area contributed by atoms with Crippen LogP contribution in [0.1, 0.15) is 27.3 Å². The molecule has 0 radical (unpaired) electrons. The minimum atomic E-state index is 0.103. The van der Waals surface area contributed by atoms with E-state index in [4.69, 9.17) is 0 Å². The van der Waals surface area contributed by atoms with E-state index in [-0.39, 0.29) is 5.78 Å². The zero-order valence-corrected chi connectivity index (χ0v) is 10.5. The fourth-order valence-electron chi connectivity index (χ4n) is 2.13. The molecular weight excluding hydrogens is 232 g/mol. The highest BCUT2D eigenvalue weighted by molar-refractivity contribution is 7.98. The quantitative estimate of drug-likeness (QED) is 0.714. The average Bonchev–Trinajstić information content (AvgIpc) is 2.53. The lowest BCUT2D eigenvalue weighted by Crippen LogP contribution is -2.04. The molecule has 0 fully saturated rings. The molecule has 1 aromatic carbocycles. The maximum Gasteiger partial charge on any atom is 0.197 e. The van der Waals surface area contributed by atoms with Crippen LogP contribution in [0.5, 0.6) is 0 Å². The van der Waals surface area contributed by atoms with Crippen LogP contribution in [0.15, 0.2) is 29.2 Å². The van der Waals surface area contributed by atoms with Crippen LogP contribution in [0.25, 0.3) is 0 Å². The van der Waals surface area contributed by atoms with Crippen LogP contribution in [0.4, 0.5) is 0 Å². The van der Waals surface area contributed by atoms with Gasteiger partial charge in [0.05, 0.1) is 11.3 Å². The first-order chi connectivity index (χ1) is 8.18. The van der Waals surface area contributed by atoms with Gasteiger partial charge in [0, 0.05) is 29.0 Å². The SMILES string of the molecule is Cc1c2c(nn1C)CSc1ccccc1C2=O. The van der Waals surface area contributed by atoms with Gasteiger partial charge >= 0.3 is 0 Å². The minimum absolute atomic E-state index is 0.103. The lowest BCUT2D eigenvalue weighted by Gasteiger charge is -2.03. The number of nitrogens with zero attached hydrogens (tertiary/aromatic N) is 2. The molecule has 86 valence electrons. The third-order valence-electron chi connectivity index (χ3n) is 3.13. The summed E-state index contributed by atoms with van der Waals surface area (Å²) >= 11 is 1.68. The molecule has 0 spiro atoms. The van der Waals surface area contributed by atoms with E-state index in [0.29, 0.717) is 0 Å². The summed E-state index contributed by atoms with van der Waals surface area (Å²) in [5.41, 5.74) is 3.43. The molecule has 0 saturated heterocycles. The molecule has 4 heteroatoms. The highest BCUT2D eigenvalue weighted by Crippen LogP contribution is 2.34. The fourth-order valence-corrected chi connectivity index (χ4v) is 3.12. The Balaban J connectivity index is 2.25. The number of hydrogen-bond donors (Lipinski definition) is 0. The number of carbonyl (C=O) groups is 1. The number of benzene rings is 1. The van der Waals surface area contributed by atoms with E-state index < -0.39 is 0 Å². The fraction of sp³-hybridized carbons (Fsp3) is 0.231. The third kappa shape index (κ3) is 1.52. The van der Waals surface area contributed by atoms with Crippen molar-refractivity contribution in [2.24, 2.45) is 7.05 Å². The first-order valence-electron chi connectivity index (χ1n) is 5.47. The molecule has 0 bridgehead atoms. The summed E-state index contributed by atoms with van der Waals surface area (Å²) in [5.74, 6) is 0.867. The zero-order chi connectivity index (χ0) is 12.0. The van der Waals surface area contributed by atoms with Crippen LogP contribution >= 0.6 is 11.8 Å². The van der Waals surface area contributed by atoms with E-state index in [2.05, 4.69) is 5.10 Å². The van der Waals surface area contributed by atoms with Gasteiger partial charge in [-0.1, -0.05) is 12.1 Å². The molecule has 0 atom stereocenters. The Morgan fingerprint density at radius 3 is 2.94 bits per heavy atom. The van der Waals surface area contributed by atoms with Crippen LogP contribution in [-0.4, -0.2) is 15.6 Å². The molecule has 3 nitrogen and oxygen atoms in total. The summed E-state index contributed by atoms with van der Waals surface area (Å²) in [6.07, 6.45) is 0. The number of fused-ring (bicyclic) bond motifs is 2. The number of ketones is 1. The van der Waals surface area contributed by atoms with E-state index in [9.17, 15) is 4.79 Å². The Labute approximate surface area is 104 Å². The van der Waals surface area contributed by atoms with Crippen molar-refractivity contribution >= 4 is 17.5 Å². The Hall–Kier alpha value is -1.55. The molecule has 2 heterocycles. The molecule has 0 aliphatic carbocycles. The van der Waals surface area contributed by atoms with Crippen LogP contribution in [0.2, 0.25) is 0 Å². The lowest BCUT2D eigenvalue weighted by molar-refractivity contribution is 0.103. The number of thioether (sulfide) groups is 1. The summed E-state index contributed by atoms with van der Waals surface area (Å²) in [7, 11) is 1.88. The molecule has 17 heavy (non-hydrogen) atoms. The number of carbonyl (C=O) groups excluding carboxylic acids is 1. The van der Waals surface area contributed by atoms with Crippen molar-refractivity contribution in [1.82, 2.24) is 9.78 Å². The molecule has 0 N–H and O–H groups in total. The predicted molar refractivity (Wildman–Crippen MR) is 67.4 cm³/mol. The number of aromatic nitrogens is 2. The van der Waals surface area contributed by atoms with E-state index in [1.807, 2.05) is 38.2 Å². The second-order valence-corrected chi connectivity index (χ2v) is 5.16. The van der Waals surface area contributed by atoms with Gasteiger partial charge in [-0.25, -0.2) is 0 Å². The third-order valence-corrected chi connectivity index (χ3v) is 4.21. The molecule has 1 aliphatic heterocycles. The van der Waals surface area contributed by atoms with E-state index in [1.54, 1.807) is 16.4 Å². The molecular formula is C13H12N2OS. The summed E-state index contributed by atoms with van der Waals surface area (Å²) in [5, 5.41) is 4.42. The van der Waals surface area contributed by atoms with Crippen molar-refractivity contribution in [1.29, 1.82) is 0 Å².